The van der Waals surface area contributed by atoms with E-state index in [4.69, 9.17) is 4.74 Å². The number of hydrogen-bond donors (Lipinski definition) is 0. The average Bonchev–Trinajstić information content (AvgIpc) is 3.00. The van der Waals surface area contributed by atoms with Crippen LogP contribution in [0.1, 0.15) is 36.1 Å². The van der Waals surface area contributed by atoms with Crippen LogP contribution in [0.5, 0.6) is 5.75 Å². The van der Waals surface area contributed by atoms with E-state index < -0.39 is 0 Å². The molecule has 2 saturated carbocycles. The predicted octanol–water partition coefficient (Wildman–Crippen LogP) is 5.33. The lowest BCUT2D eigenvalue weighted by Gasteiger charge is -2.27. The van der Waals surface area contributed by atoms with Crippen LogP contribution in [0.25, 0.3) is 0 Å². The van der Waals surface area contributed by atoms with Crippen LogP contribution in [0, 0.1) is 17.8 Å². The van der Waals surface area contributed by atoms with Crippen LogP contribution in [0.15, 0.2) is 22.7 Å². The second-order valence-electron chi connectivity index (χ2n) is 5.63. The van der Waals surface area contributed by atoms with E-state index in [2.05, 4.69) is 50.1 Å². The van der Waals surface area contributed by atoms with Crippen molar-refractivity contribution < 1.29 is 4.74 Å². The number of rotatable bonds is 3. The molecule has 18 heavy (non-hydrogen) atoms. The number of methoxy groups -OCH3 is 1. The number of halogens is 2. The van der Waals surface area contributed by atoms with E-state index in [1.165, 1.54) is 31.2 Å². The molecule has 0 amide bonds. The lowest BCUT2D eigenvalue weighted by Crippen LogP contribution is -2.15. The van der Waals surface area contributed by atoms with Gasteiger partial charge in [-0.15, -0.1) is 0 Å². The topological polar surface area (TPSA) is 9.23 Å². The number of benzene rings is 1. The van der Waals surface area contributed by atoms with Gasteiger partial charge in [0, 0.05) is 4.83 Å². The molecule has 3 rings (SSSR count). The van der Waals surface area contributed by atoms with Crippen molar-refractivity contribution in [3.05, 3.63) is 28.2 Å². The molecule has 2 aliphatic carbocycles. The zero-order valence-corrected chi connectivity index (χ0v) is 13.7. The third-order valence-corrected chi connectivity index (χ3v) is 6.49. The molecule has 0 N–H and O–H groups in total. The summed E-state index contributed by atoms with van der Waals surface area (Å²) in [5.74, 6) is 3.68. The van der Waals surface area contributed by atoms with Crippen molar-refractivity contribution in [2.75, 3.05) is 7.11 Å². The fourth-order valence-corrected chi connectivity index (χ4v) is 5.24. The van der Waals surface area contributed by atoms with E-state index in [-0.39, 0.29) is 0 Å². The second-order valence-corrected chi connectivity index (χ2v) is 7.48. The lowest BCUT2D eigenvalue weighted by molar-refractivity contribution is 0.329. The summed E-state index contributed by atoms with van der Waals surface area (Å²) < 4.78 is 6.34. The summed E-state index contributed by atoms with van der Waals surface area (Å²) in [6.07, 6.45) is 5.77. The molecule has 0 spiro atoms. The lowest BCUT2D eigenvalue weighted by atomic mass is 9.84. The van der Waals surface area contributed by atoms with Crippen molar-refractivity contribution in [3.63, 3.8) is 0 Å². The quantitative estimate of drug-likeness (QED) is 0.650. The van der Waals surface area contributed by atoms with Gasteiger partial charge in [0.2, 0.25) is 0 Å². The van der Waals surface area contributed by atoms with Gasteiger partial charge in [-0.3, -0.25) is 0 Å². The first kappa shape index (κ1) is 13.0. The first-order valence-electron chi connectivity index (χ1n) is 6.66. The Labute approximate surface area is 126 Å². The molecule has 0 radical (unpaired) electrons. The minimum absolute atomic E-state index is 0.495. The van der Waals surface area contributed by atoms with E-state index in [1.807, 2.05) is 0 Å². The molecule has 2 aliphatic rings. The molecule has 3 heteroatoms. The molecule has 2 bridgehead atoms. The predicted molar refractivity (Wildman–Crippen MR) is 81.3 cm³/mol. The number of alkyl halides is 1. The van der Waals surface area contributed by atoms with Crippen molar-refractivity contribution >= 4 is 31.9 Å². The molecule has 1 aromatic rings. The van der Waals surface area contributed by atoms with E-state index in [1.54, 1.807) is 7.11 Å². The monoisotopic (exact) mass is 372 g/mol. The summed E-state index contributed by atoms with van der Waals surface area (Å²) in [5, 5.41) is 0. The summed E-state index contributed by atoms with van der Waals surface area (Å²) >= 11 is 7.51. The maximum atomic E-state index is 5.29. The Morgan fingerprint density at radius 1 is 1.28 bits per heavy atom. The van der Waals surface area contributed by atoms with E-state index >= 15 is 0 Å². The first-order chi connectivity index (χ1) is 8.69. The zero-order chi connectivity index (χ0) is 12.7. The molecular formula is C15H18Br2O. The summed E-state index contributed by atoms with van der Waals surface area (Å²) in [7, 11) is 1.71. The normalized spacial score (nSPS) is 31.6. The fraction of sp³-hybridized carbons (Fsp3) is 0.600. The van der Waals surface area contributed by atoms with E-state index in [0.29, 0.717) is 4.83 Å². The molecular weight excluding hydrogens is 356 g/mol. The first-order valence-corrected chi connectivity index (χ1v) is 8.37. The molecule has 0 saturated heterocycles. The Kier molecular flexibility index (Phi) is 3.72. The Hall–Kier alpha value is -0.0200. The van der Waals surface area contributed by atoms with Gasteiger partial charge in [0.15, 0.2) is 0 Å². The Bertz CT molecular complexity index is 446. The van der Waals surface area contributed by atoms with Crippen molar-refractivity contribution in [1.29, 1.82) is 0 Å². The largest absolute Gasteiger partial charge is 0.496 e. The average molecular weight is 374 g/mol. The van der Waals surface area contributed by atoms with Crippen LogP contribution in [-0.2, 0) is 0 Å². The summed E-state index contributed by atoms with van der Waals surface area (Å²) in [6, 6.07) is 6.44. The van der Waals surface area contributed by atoms with Crippen LogP contribution in [0.3, 0.4) is 0 Å². The molecule has 0 heterocycles. The number of fused-ring (bicyclic) bond motifs is 2. The van der Waals surface area contributed by atoms with Crippen LogP contribution >= 0.6 is 31.9 Å². The maximum absolute atomic E-state index is 5.29. The van der Waals surface area contributed by atoms with Gasteiger partial charge in [0.1, 0.15) is 5.75 Å². The van der Waals surface area contributed by atoms with Gasteiger partial charge in [-0.05, 0) is 70.6 Å². The number of ether oxygens (including phenoxy) is 1. The van der Waals surface area contributed by atoms with Gasteiger partial charge in [0.25, 0.3) is 0 Å². The highest BCUT2D eigenvalue weighted by atomic mass is 79.9. The molecule has 0 aliphatic heterocycles. The maximum Gasteiger partial charge on any atom is 0.133 e. The minimum Gasteiger partial charge on any atom is -0.496 e. The summed E-state index contributed by atoms with van der Waals surface area (Å²) in [5.41, 5.74) is 1.38. The molecule has 4 unspecified atom stereocenters. The van der Waals surface area contributed by atoms with Crippen molar-refractivity contribution in [3.8, 4) is 5.75 Å². The Morgan fingerprint density at radius 3 is 2.67 bits per heavy atom. The summed E-state index contributed by atoms with van der Waals surface area (Å²) in [6.45, 7) is 0. The Balaban J connectivity index is 1.80. The van der Waals surface area contributed by atoms with Crippen LogP contribution in [0.4, 0.5) is 0 Å². The van der Waals surface area contributed by atoms with Crippen LogP contribution in [-0.4, -0.2) is 7.11 Å². The van der Waals surface area contributed by atoms with Gasteiger partial charge in [-0.2, -0.15) is 0 Å². The fourth-order valence-electron chi connectivity index (χ4n) is 3.75. The van der Waals surface area contributed by atoms with E-state index in [9.17, 15) is 0 Å². The van der Waals surface area contributed by atoms with Gasteiger partial charge in [0.05, 0.1) is 11.6 Å². The highest BCUT2D eigenvalue weighted by Gasteiger charge is 2.42. The highest BCUT2D eigenvalue weighted by molar-refractivity contribution is 9.10. The third kappa shape index (κ3) is 2.24. The van der Waals surface area contributed by atoms with Crippen molar-refractivity contribution in [2.45, 2.75) is 30.5 Å². The van der Waals surface area contributed by atoms with Gasteiger partial charge in [-0.1, -0.05) is 28.4 Å². The van der Waals surface area contributed by atoms with Crippen molar-refractivity contribution in [2.24, 2.45) is 17.8 Å². The minimum atomic E-state index is 0.495. The molecule has 98 valence electrons. The van der Waals surface area contributed by atoms with Crippen LogP contribution in [0.2, 0.25) is 0 Å². The van der Waals surface area contributed by atoms with Crippen molar-refractivity contribution in [1.82, 2.24) is 0 Å². The van der Waals surface area contributed by atoms with Gasteiger partial charge < -0.3 is 4.74 Å². The molecule has 1 aromatic carbocycles. The summed E-state index contributed by atoms with van der Waals surface area (Å²) in [4.78, 5) is 0.495. The number of hydrogen-bond acceptors (Lipinski definition) is 1. The third-order valence-electron chi connectivity index (χ3n) is 4.66. The highest BCUT2D eigenvalue weighted by Crippen LogP contribution is 2.55. The smallest absolute Gasteiger partial charge is 0.133 e. The molecule has 2 fully saturated rings. The zero-order valence-electron chi connectivity index (χ0n) is 10.5. The molecule has 0 aromatic heterocycles. The van der Waals surface area contributed by atoms with Gasteiger partial charge >= 0.3 is 0 Å². The van der Waals surface area contributed by atoms with Crippen LogP contribution < -0.4 is 4.74 Å². The molecule has 4 atom stereocenters. The van der Waals surface area contributed by atoms with Gasteiger partial charge in [-0.25, -0.2) is 0 Å². The standard InChI is InChI=1S/C15H18Br2O/c1-18-14-5-4-11(8-13(14)16)15(17)12-7-9-2-3-10(12)6-9/h4-5,8-10,12,15H,2-3,6-7H2,1H3. The molecule has 1 nitrogen and oxygen atoms in total. The SMILES string of the molecule is COc1ccc(C(Br)C2CC3CCC2C3)cc1Br. The second kappa shape index (κ2) is 5.16. The Morgan fingerprint density at radius 2 is 2.11 bits per heavy atom. The van der Waals surface area contributed by atoms with E-state index in [0.717, 1.165) is 28.0 Å².